The summed E-state index contributed by atoms with van der Waals surface area (Å²) in [4.78, 5) is 16.2. The molecule has 0 radical (unpaired) electrons. The van der Waals surface area contributed by atoms with Gasteiger partial charge in [-0.1, -0.05) is 41.0 Å². The Morgan fingerprint density at radius 1 is 1.41 bits per heavy atom. The van der Waals surface area contributed by atoms with E-state index in [0.29, 0.717) is 15.2 Å². The van der Waals surface area contributed by atoms with Crippen molar-refractivity contribution in [3.05, 3.63) is 33.8 Å². The van der Waals surface area contributed by atoms with E-state index in [9.17, 15) is 4.79 Å². The van der Waals surface area contributed by atoms with E-state index in [0.717, 1.165) is 5.56 Å². The van der Waals surface area contributed by atoms with Crippen molar-refractivity contribution < 1.29 is 4.79 Å². The summed E-state index contributed by atoms with van der Waals surface area (Å²) in [6.45, 7) is 3.62. The molecule has 2 aromatic rings. The number of nitrogens with two attached hydrogens (primary N) is 1. The first-order valence-corrected chi connectivity index (χ1v) is 8.10. The van der Waals surface area contributed by atoms with Crippen molar-refractivity contribution in [1.82, 2.24) is 20.5 Å². The van der Waals surface area contributed by atoms with Crippen LogP contribution in [0.15, 0.2) is 23.4 Å². The molecule has 0 aliphatic heterocycles. The van der Waals surface area contributed by atoms with Crippen LogP contribution in [-0.2, 0) is 4.79 Å². The average Bonchev–Trinajstić information content (AvgIpc) is 2.83. The number of anilines is 1. The van der Waals surface area contributed by atoms with E-state index in [1.54, 1.807) is 25.1 Å². The fourth-order valence-electron chi connectivity index (χ4n) is 1.78. The number of hydrogen-bond donors (Lipinski definition) is 3. The zero-order valence-electron chi connectivity index (χ0n) is 11.9. The van der Waals surface area contributed by atoms with E-state index in [1.165, 1.54) is 11.8 Å². The van der Waals surface area contributed by atoms with Crippen molar-refractivity contribution in [1.29, 1.82) is 0 Å². The third-order valence-corrected chi connectivity index (χ3v) is 4.44. The molecule has 0 aliphatic carbocycles. The Kier molecular flexibility index (Phi) is 5.55. The van der Waals surface area contributed by atoms with Crippen LogP contribution in [0.1, 0.15) is 25.5 Å². The monoisotopic (exact) mass is 359 g/mol. The number of nitrogen functional groups attached to an aromatic ring is 1. The molecule has 9 heteroatoms. The van der Waals surface area contributed by atoms with Crippen molar-refractivity contribution in [2.24, 2.45) is 0 Å². The van der Waals surface area contributed by atoms with E-state index >= 15 is 0 Å². The number of aromatic nitrogens is 3. The minimum Gasteiger partial charge on any atom is -0.368 e. The normalized spacial score (nSPS) is 13.6. The molecule has 0 saturated heterocycles. The fraction of sp³-hybridized carbons (Fsp3) is 0.308. The van der Waals surface area contributed by atoms with Crippen LogP contribution in [0.5, 0.6) is 0 Å². The van der Waals surface area contributed by atoms with E-state index in [1.807, 2.05) is 6.92 Å². The summed E-state index contributed by atoms with van der Waals surface area (Å²) in [5.41, 5.74) is 6.25. The van der Waals surface area contributed by atoms with Gasteiger partial charge in [-0.3, -0.25) is 4.79 Å². The molecule has 1 amide bonds. The predicted octanol–water partition coefficient (Wildman–Crippen LogP) is 3.05. The molecule has 2 atom stereocenters. The third-order valence-electron chi connectivity index (χ3n) is 2.92. The number of benzene rings is 1. The zero-order valence-corrected chi connectivity index (χ0v) is 14.3. The van der Waals surface area contributed by atoms with E-state index in [-0.39, 0.29) is 23.1 Å². The molecule has 1 aromatic heterocycles. The van der Waals surface area contributed by atoms with Gasteiger partial charge in [0.2, 0.25) is 17.0 Å². The van der Waals surface area contributed by atoms with Gasteiger partial charge in [-0.25, -0.2) is 5.10 Å². The van der Waals surface area contributed by atoms with Gasteiger partial charge in [-0.2, -0.15) is 4.98 Å². The molecule has 1 aromatic carbocycles. The van der Waals surface area contributed by atoms with Gasteiger partial charge in [0.15, 0.2) is 0 Å². The highest BCUT2D eigenvalue weighted by atomic mass is 35.5. The second-order valence-electron chi connectivity index (χ2n) is 4.66. The second kappa shape index (κ2) is 7.21. The maximum absolute atomic E-state index is 12.2. The Balaban J connectivity index is 1.98. The Morgan fingerprint density at radius 2 is 2.14 bits per heavy atom. The number of nitrogens with one attached hydrogen (secondary N) is 2. The molecule has 6 nitrogen and oxygen atoms in total. The summed E-state index contributed by atoms with van der Waals surface area (Å²) in [5, 5.41) is 10.4. The summed E-state index contributed by atoms with van der Waals surface area (Å²) >= 11 is 13.2. The smallest absolute Gasteiger partial charge is 0.233 e. The number of carbonyl (C=O) groups excluding carboxylic acids is 1. The number of carbonyl (C=O) groups is 1. The minimum absolute atomic E-state index is 0.146. The first kappa shape index (κ1) is 16.9. The largest absolute Gasteiger partial charge is 0.368 e. The molecular weight excluding hydrogens is 345 g/mol. The fourth-order valence-corrected chi connectivity index (χ4v) is 3.10. The molecule has 1 heterocycles. The number of aromatic amines is 1. The van der Waals surface area contributed by atoms with Gasteiger partial charge < -0.3 is 11.1 Å². The topological polar surface area (TPSA) is 96.7 Å². The van der Waals surface area contributed by atoms with E-state index in [2.05, 4.69) is 20.5 Å². The van der Waals surface area contributed by atoms with Crippen LogP contribution < -0.4 is 11.1 Å². The molecule has 0 bridgehead atoms. The highest BCUT2D eigenvalue weighted by molar-refractivity contribution is 8.00. The van der Waals surface area contributed by atoms with E-state index < -0.39 is 0 Å². The van der Waals surface area contributed by atoms with Gasteiger partial charge in [-0.15, -0.1) is 5.10 Å². The van der Waals surface area contributed by atoms with Crippen LogP contribution in [0.25, 0.3) is 0 Å². The van der Waals surface area contributed by atoms with Gasteiger partial charge in [0, 0.05) is 10.0 Å². The summed E-state index contributed by atoms with van der Waals surface area (Å²) in [6, 6.07) is 4.94. The van der Waals surface area contributed by atoms with Gasteiger partial charge in [0.1, 0.15) is 0 Å². The summed E-state index contributed by atoms with van der Waals surface area (Å²) in [5.74, 6) is 0.0725. The Labute approximate surface area is 142 Å². The van der Waals surface area contributed by atoms with Gasteiger partial charge in [-0.05, 0) is 31.5 Å². The highest BCUT2D eigenvalue weighted by Gasteiger charge is 2.20. The maximum Gasteiger partial charge on any atom is 0.233 e. The number of rotatable bonds is 5. The molecule has 4 N–H and O–H groups in total. The van der Waals surface area contributed by atoms with Crippen molar-refractivity contribution in [3.63, 3.8) is 0 Å². The standard InChI is InChI=1S/C13H15Cl2N5OS/c1-6(9-4-3-8(14)5-10(9)15)17-11(21)7(2)22-13-18-12(16)19-20-13/h3-7H,1-2H3,(H,17,21)(H3,16,18,19,20)/t6-,7-/m0/s1. The van der Waals surface area contributed by atoms with Crippen LogP contribution in [0, 0.1) is 0 Å². The summed E-state index contributed by atoms with van der Waals surface area (Å²) in [7, 11) is 0. The Hall–Kier alpha value is -1.44. The first-order chi connectivity index (χ1) is 10.4. The lowest BCUT2D eigenvalue weighted by Gasteiger charge is -2.18. The third kappa shape index (κ3) is 4.28. The van der Waals surface area contributed by atoms with Crippen LogP contribution in [0.2, 0.25) is 10.0 Å². The van der Waals surface area contributed by atoms with Gasteiger partial charge >= 0.3 is 0 Å². The van der Waals surface area contributed by atoms with Gasteiger partial charge in [0.25, 0.3) is 0 Å². The highest BCUT2D eigenvalue weighted by Crippen LogP contribution is 2.27. The SMILES string of the molecule is C[C@H](Sc1n[nH]c(N)n1)C(=O)N[C@@H](C)c1ccc(Cl)cc1Cl. The minimum atomic E-state index is -0.372. The molecular formula is C13H15Cl2N5OS. The molecule has 0 fully saturated rings. The lowest BCUT2D eigenvalue weighted by atomic mass is 10.1. The van der Waals surface area contributed by atoms with Crippen molar-refractivity contribution in [2.45, 2.75) is 30.3 Å². The predicted molar refractivity (Wildman–Crippen MR) is 89.1 cm³/mol. The molecule has 0 saturated carbocycles. The lowest BCUT2D eigenvalue weighted by molar-refractivity contribution is -0.120. The Morgan fingerprint density at radius 3 is 2.73 bits per heavy atom. The molecule has 0 aliphatic rings. The molecule has 0 spiro atoms. The number of thioether (sulfide) groups is 1. The van der Waals surface area contributed by atoms with Crippen LogP contribution >= 0.6 is 35.0 Å². The number of H-pyrrole nitrogens is 1. The lowest BCUT2D eigenvalue weighted by Crippen LogP contribution is -2.33. The van der Waals surface area contributed by atoms with Crippen molar-refractivity contribution in [2.75, 3.05) is 5.73 Å². The number of nitrogens with zero attached hydrogens (tertiary/aromatic N) is 2. The summed E-state index contributed by atoms with van der Waals surface area (Å²) in [6.07, 6.45) is 0. The second-order valence-corrected chi connectivity index (χ2v) is 6.81. The Bertz CT molecular complexity index is 678. The summed E-state index contributed by atoms with van der Waals surface area (Å²) < 4.78 is 0. The molecule has 22 heavy (non-hydrogen) atoms. The number of halogens is 2. The number of amides is 1. The quantitative estimate of drug-likeness (QED) is 0.712. The van der Waals surface area contributed by atoms with Crippen molar-refractivity contribution in [3.8, 4) is 0 Å². The van der Waals surface area contributed by atoms with E-state index in [4.69, 9.17) is 28.9 Å². The first-order valence-electron chi connectivity index (χ1n) is 6.46. The maximum atomic E-state index is 12.2. The van der Waals surface area contributed by atoms with Crippen LogP contribution in [-0.4, -0.2) is 26.3 Å². The molecule has 0 unspecified atom stereocenters. The molecule has 2 rings (SSSR count). The molecule has 118 valence electrons. The number of hydrogen-bond acceptors (Lipinski definition) is 5. The van der Waals surface area contributed by atoms with Crippen molar-refractivity contribution >= 4 is 46.8 Å². The average molecular weight is 360 g/mol. The zero-order chi connectivity index (χ0) is 16.3. The van der Waals surface area contributed by atoms with Crippen LogP contribution in [0.4, 0.5) is 5.95 Å². The van der Waals surface area contributed by atoms with Crippen LogP contribution in [0.3, 0.4) is 0 Å². The van der Waals surface area contributed by atoms with Gasteiger partial charge in [0.05, 0.1) is 11.3 Å².